The highest BCUT2D eigenvalue weighted by atomic mass is 16.5. The van der Waals surface area contributed by atoms with Crippen LogP contribution in [-0.2, 0) is 4.74 Å². The third-order valence-electron chi connectivity index (χ3n) is 3.00. The van der Waals surface area contributed by atoms with Gasteiger partial charge in [0.1, 0.15) is 0 Å². The summed E-state index contributed by atoms with van der Waals surface area (Å²) in [6.45, 7) is 8.68. The highest BCUT2D eigenvalue weighted by Crippen LogP contribution is 2.24. The van der Waals surface area contributed by atoms with Crippen molar-refractivity contribution in [3.05, 3.63) is 0 Å². The van der Waals surface area contributed by atoms with Crippen LogP contribution in [0.3, 0.4) is 0 Å². The first-order chi connectivity index (χ1) is 6.27. The molecule has 0 aliphatic carbocycles. The van der Waals surface area contributed by atoms with E-state index >= 15 is 0 Å². The molecule has 1 rings (SSSR count). The Morgan fingerprint density at radius 2 is 2.23 bits per heavy atom. The van der Waals surface area contributed by atoms with Gasteiger partial charge in [0.2, 0.25) is 0 Å². The second-order valence-electron chi connectivity index (χ2n) is 4.04. The zero-order chi connectivity index (χ0) is 9.68. The molecule has 3 atom stereocenters. The normalized spacial score (nSPS) is 31.6. The minimum Gasteiger partial charge on any atom is -0.378 e. The molecule has 0 bridgehead atoms. The topological polar surface area (TPSA) is 21.3 Å². The van der Waals surface area contributed by atoms with E-state index in [1.807, 2.05) is 0 Å². The molecule has 1 fully saturated rings. The first-order valence-corrected chi connectivity index (χ1v) is 5.62. The molecule has 1 heterocycles. The minimum atomic E-state index is 0.464. The van der Waals surface area contributed by atoms with Crippen molar-refractivity contribution in [2.24, 2.45) is 5.92 Å². The van der Waals surface area contributed by atoms with Crippen LogP contribution >= 0.6 is 0 Å². The van der Waals surface area contributed by atoms with E-state index in [-0.39, 0.29) is 0 Å². The molecule has 0 aromatic heterocycles. The van der Waals surface area contributed by atoms with Crippen molar-refractivity contribution < 1.29 is 4.74 Å². The van der Waals surface area contributed by atoms with Crippen molar-refractivity contribution in [3.63, 3.8) is 0 Å². The van der Waals surface area contributed by atoms with Crippen molar-refractivity contribution in [2.75, 3.05) is 13.2 Å². The predicted octanol–water partition coefficient (Wildman–Crippen LogP) is 2.19. The highest BCUT2D eigenvalue weighted by molar-refractivity contribution is 4.79. The average Bonchev–Trinajstić information content (AvgIpc) is 2.14. The Morgan fingerprint density at radius 3 is 2.77 bits per heavy atom. The monoisotopic (exact) mass is 185 g/mol. The molecule has 1 aliphatic heterocycles. The van der Waals surface area contributed by atoms with Crippen molar-refractivity contribution >= 4 is 0 Å². The van der Waals surface area contributed by atoms with Crippen molar-refractivity contribution in [1.29, 1.82) is 0 Å². The van der Waals surface area contributed by atoms with Gasteiger partial charge in [0.25, 0.3) is 0 Å². The SMILES string of the molecule is CCNC(CC)C1CCOC(C)C1. The van der Waals surface area contributed by atoms with Crippen LogP contribution in [0.15, 0.2) is 0 Å². The summed E-state index contributed by atoms with van der Waals surface area (Å²) in [7, 11) is 0. The van der Waals surface area contributed by atoms with Crippen LogP contribution in [0.4, 0.5) is 0 Å². The smallest absolute Gasteiger partial charge is 0.0550 e. The van der Waals surface area contributed by atoms with Crippen molar-refractivity contribution in [2.45, 2.75) is 52.2 Å². The number of nitrogens with one attached hydrogen (secondary N) is 1. The van der Waals surface area contributed by atoms with Gasteiger partial charge in [-0.15, -0.1) is 0 Å². The van der Waals surface area contributed by atoms with Gasteiger partial charge in [-0.2, -0.15) is 0 Å². The molecule has 0 spiro atoms. The van der Waals surface area contributed by atoms with Crippen LogP contribution in [0.1, 0.15) is 40.0 Å². The molecule has 78 valence electrons. The number of ether oxygens (including phenoxy) is 1. The molecule has 13 heavy (non-hydrogen) atoms. The van der Waals surface area contributed by atoms with E-state index in [9.17, 15) is 0 Å². The third kappa shape index (κ3) is 3.28. The lowest BCUT2D eigenvalue weighted by atomic mass is 9.87. The van der Waals surface area contributed by atoms with Gasteiger partial charge in [-0.1, -0.05) is 13.8 Å². The van der Waals surface area contributed by atoms with Gasteiger partial charge in [-0.25, -0.2) is 0 Å². The zero-order valence-corrected chi connectivity index (χ0v) is 9.18. The summed E-state index contributed by atoms with van der Waals surface area (Å²) < 4.78 is 5.55. The Labute approximate surface area is 82.0 Å². The summed E-state index contributed by atoms with van der Waals surface area (Å²) in [4.78, 5) is 0. The lowest BCUT2D eigenvalue weighted by Crippen LogP contribution is -2.40. The highest BCUT2D eigenvalue weighted by Gasteiger charge is 2.25. The molecule has 3 unspecified atom stereocenters. The Morgan fingerprint density at radius 1 is 1.46 bits per heavy atom. The van der Waals surface area contributed by atoms with Crippen LogP contribution in [0.5, 0.6) is 0 Å². The first-order valence-electron chi connectivity index (χ1n) is 5.62. The van der Waals surface area contributed by atoms with Crippen molar-refractivity contribution in [1.82, 2.24) is 5.32 Å². The summed E-state index contributed by atoms with van der Waals surface area (Å²) in [6.07, 6.45) is 4.17. The molecule has 1 N–H and O–H groups in total. The Hall–Kier alpha value is -0.0800. The molecule has 0 radical (unpaired) electrons. The molecule has 1 saturated heterocycles. The lowest BCUT2D eigenvalue weighted by molar-refractivity contribution is -0.00647. The minimum absolute atomic E-state index is 0.464. The predicted molar refractivity (Wildman–Crippen MR) is 55.9 cm³/mol. The van der Waals surface area contributed by atoms with Gasteiger partial charge >= 0.3 is 0 Å². The van der Waals surface area contributed by atoms with E-state index in [1.165, 1.54) is 19.3 Å². The first kappa shape index (κ1) is 11.0. The van der Waals surface area contributed by atoms with Gasteiger partial charge in [-0.3, -0.25) is 0 Å². The standard InChI is InChI=1S/C11H23NO/c1-4-11(12-5-2)10-6-7-13-9(3)8-10/h9-12H,4-8H2,1-3H3. The van der Waals surface area contributed by atoms with E-state index in [1.54, 1.807) is 0 Å². The summed E-state index contributed by atoms with van der Waals surface area (Å²) in [6, 6.07) is 0.705. The summed E-state index contributed by atoms with van der Waals surface area (Å²) >= 11 is 0. The fourth-order valence-electron chi connectivity index (χ4n) is 2.30. The van der Waals surface area contributed by atoms with Crippen LogP contribution < -0.4 is 5.32 Å². The Balaban J connectivity index is 2.37. The Kier molecular flexibility index (Phi) is 4.74. The van der Waals surface area contributed by atoms with E-state index < -0.39 is 0 Å². The van der Waals surface area contributed by atoms with Crippen LogP contribution in [-0.4, -0.2) is 25.3 Å². The molecule has 1 aliphatic rings. The van der Waals surface area contributed by atoms with Gasteiger partial charge in [0.05, 0.1) is 6.10 Å². The molecule has 0 aromatic rings. The van der Waals surface area contributed by atoms with Crippen LogP contribution in [0.25, 0.3) is 0 Å². The maximum atomic E-state index is 5.55. The fourth-order valence-corrected chi connectivity index (χ4v) is 2.30. The number of rotatable bonds is 4. The largest absolute Gasteiger partial charge is 0.378 e. The van der Waals surface area contributed by atoms with Crippen LogP contribution in [0.2, 0.25) is 0 Å². The Bertz CT molecular complexity index is 138. The molecule has 0 saturated carbocycles. The third-order valence-corrected chi connectivity index (χ3v) is 3.00. The van der Waals surface area contributed by atoms with Crippen molar-refractivity contribution in [3.8, 4) is 0 Å². The summed E-state index contributed by atoms with van der Waals surface area (Å²) in [5.74, 6) is 0.827. The van der Waals surface area contributed by atoms with E-state index in [2.05, 4.69) is 26.1 Å². The van der Waals surface area contributed by atoms with E-state index in [0.717, 1.165) is 19.1 Å². The van der Waals surface area contributed by atoms with Gasteiger partial charge in [0, 0.05) is 12.6 Å². The second kappa shape index (κ2) is 5.61. The number of hydrogen-bond acceptors (Lipinski definition) is 2. The van der Waals surface area contributed by atoms with E-state index in [4.69, 9.17) is 4.74 Å². The van der Waals surface area contributed by atoms with E-state index in [0.29, 0.717) is 12.1 Å². The maximum absolute atomic E-state index is 5.55. The lowest BCUT2D eigenvalue weighted by Gasteiger charge is -2.33. The maximum Gasteiger partial charge on any atom is 0.0550 e. The molecular formula is C11H23NO. The zero-order valence-electron chi connectivity index (χ0n) is 9.18. The summed E-state index contributed by atoms with van der Waals surface area (Å²) in [5.41, 5.74) is 0. The fraction of sp³-hybridized carbons (Fsp3) is 1.00. The second-order valence-corrected chi connectivity index (χ2v) is 4.04. The van der Waals surface area contributed by atoms with Gasteiger partial charge in [0.15, 0.2) is 0 Å². The number of hydrogen-bond donors (Lipinski definition) is 1. The van der Waals surface area contributed by atoms with Gasteiger partial charge < -0.3 is 10.1 Å². The molecular weight excluding hydrogens is 162 g/mol. The molecule has 2 nitrogen and oxygen atoms in total. The molecule has 0 amide bonds. The summed E-state index contributed by atoms with van der Waals surface area (Å²) in [5, 5.41) is 3.57. The quantitative estimate of drug-likeness (QED) is 0.725. The molecule has 2 heteroatoms. The van der Waals surface area contributed by atoms with Crippen LogP contribution in [0, 0.1) is 5.92 Å². The van der Waals surface area contributed by atoms with Gasteiger partial charge in [-0.05, 0) is 38.6 Å². The average molecular weight is 185 g/mol. The molecule has 0 aromatic carbocycles.